The normalized spacial score (nSPS) is 11.9. The van der Waals surface area contributed by atoms with Crippen LogP contribution in [0.15, 0.2) is 24.5 Å². The molecule has 18 heavy (non-hydrogen) atoms. The van der Waals surface area contributed by atoms with Gasteiger partial charge in [-0.15, -0.1) is 0 Å². The van der Waals surface area contributed by atoms with Gasteiger partial charge in [0.1, 0.15) is 0 Å². The molecular weight excluding hydrogens is 258 g/mol. The van der Waals surface area contributed by atoms with Gasteiger partial charge in [0.05, 0.1) is 6.42 Å². The van der Waals surface area contributed by atoms with E-state index in [1.807, 2.05) is 29.1 Å². The number of carboxylic acid groups (broad SMARTS) is 1. The van der Waals surface area contributed by atoms with Crippen LogP contribution in [-0.4, -0.2) is 48.5 Å². The molecule has 1 aromatic rings. The summed E-state index contributed by atoms with van der Waals surface area (Å²) >= 11 is 0. The van der Waals surface area contributed by atoms with E-state index in [1.165, 1.54) is 7.05 Å². The van der Waals surface area contributed by atoms with E-state index in [9.17, 15) is 13.2 Å². The first-order valence-corrected chi connectivity index (χ1v) is 6.89. The highest BCUT2D eigenvalue weighted by Crippen LogP contribution is 1.96. The molecule has 2 N–H and O–H groups in total. The van der Waals surface area contributed by atoms with Crippen molar-refractivity contribution in [3.63, 3.8) is 0 Å². The fourth-order valence-electron chi connectivity index (χ4n) is 1.31. The van der Waals surface area contributed by atoms with Crippen molar-refractivity contribution < 1.29 is 18.3 Å². The van der Waals surface area contributed by atoms with Gasteiger partial charge in [0.15, 0.2) is 0 Å². The molecule has 0 saturated carbocycles. The molecule has 1 heterocycles. The van der Waals surface area contributed by atoms with Gasteiger partial charge in [-0.05, 0) is 12.1 Å². The van der Waals surface area contributed by atoms with Crippen molar-refractivity contribution in [3.05, 3.63) is 24.5 Å². The van der Waals surface area contributed by atoms with Gasteiger partial charge in [0.2, 0.25) is 0 Å². The number of nitrogens with zero attached hydrogens (tertiary/aromatic N) is 2. The summed E-state index contributed by atoms with van der Waals surface area (Å²) in [4.78, 5) is 10.4. The molecule has 0 aromatic carbocycles. The first kappa shape index (κ1) is 14.7. The molecule has 1 aromatic heterocycles. The molecule has 0 radical (unpaired) electrons. The van der Waals surface area contributed by atoms with Gasteiger partial charge in [0, 0.05) is 39.1 Å². The number of hydrogen-bond acceptors (Lipinski definition) is 3. The number of nitrogens with one attached hydrogen (secondary N) is 1. The molecule has 0 aliphatic heterocycles. The first-order valence-electron chi connectivity index (χ1n) is 5.45. The summed E-state index contributed by atoms with van der Waals surface area (Å²) in [7, 11) is -2.25. The number of hydrogen-bond donors (Lipinski definition) is 2. The second kappa shape index (κ2) is 6.53. The lowest BCUT2D eigenvalue weighted by atomic mass is 10.4. The molecule has 1 rings (SSSR count). The van der Waals surface area contributed by atoms with Crippen LogP contribution in [-0.2, 0) is 21.5 Å². The maximum atomic E-state index is 11.7. The third-order valence-electron chi connectivity index (χ3n) is 2.37. The predicted octanol–water partition coefficient (Wildman–Crippen LogP) is -0.271. The van der Waals surface area contributed by atoms with E-state index >= 15 is 0 Å². The lowest BCUT2D eigenvalue weighted by Gasteiger charge is -2.16. The second-order valence-corrected chi connectivity index (χ2v) is 5.65. The van der Waals surface area contributed by atoms with Crippen molar-refractivity contribution >= 4 is 16.2 Å². The minimum Gasteiger partial charge on any atom is -0.481 e. The van der Waals surface area contributed by atoms with Gasteiger partial charge >= 0.3 is 5.97 Å². The number of rotatable bonds is 8. The summed E-state index contributed by atoms with van der Waals surface area (Å²) in [5.74, 6) is -1.02. The highest BCUT2D eigenvalue weighted by molar-refractivity contribution is 7.87. The van der Waals surface area contributed by atoms with Crippen LogP contribution < -0.4 is 4.72 Å². The van der Waals surface area contributed by atoms with Crippen LogP contribution in [0.2, 0.25) is 0 Å². The standard InChI is InChI=1S/C10H17N3O4S/c1-12(8-4-10(14)15)18(16,17)11-5-9-13-6-2-3-7-13/h2-3,6-7,11H,4-5,8-9H2,1H3,(H,14,15). The van der Waals surface area contributed by atoms with E-state index in [2.05, 4.69) is 4.72 Å². The molecule has 0 spiro atoms. The highest BCUT2D eigenvalue weighted by Gasteiger charge is 2.17. The average Bonchev–Trinajstić information content (AvgIpc) is 2.78. The quantitative estimate of drug-likeness (QED) is 0.683. The summed E-state index contributed by atoms with van der Waals surface area (Å²) in [5, 5.41) is 8.48. The molecule has 7 nitrogen and oxygen atoms in total. The SMILES string of the molecule is CN(CCC(=O)O)S(=O)(=O)NCCn1cccc1. The fraction of sp³-hybridized carbons (Fsp3) is 0.500. The topological polar surface area (TPSA) is 91.6 Å². The first-order chi connectivity index (χ1) is 8.42. The molecule has 0 unspecified atom stereocenters. The monoisotopic (exact) mass is 275 g/mol. The van der Waals surface area contributed by atoms with Gasteiger partial charge in [-0.1, -0.05) is 0 Å². The van der Waals surface area contributed by atoms with Crippen LogP contribution in [0.3, 0.4) is 0 Å². The zero-order valence-corrected chi connectivity index (χ0v) is 10.9. The Balaban J connectivity index is 2.36. The third-order valence-corrected chi connectivity index (χ3v) is 3.94. The van der Waals surface area contributed by atoms with E-state index in [0.29, 0.717) is 6.54 Å². The lowest BCUT2D eigenvalue weighted by Crippen LogP contribution is -2.40. The Labute approximate surface area is 106 Å². The highest BCUT2D eigenvalue weighted by atomic mass is 32.2. The van der Waals surface area contributed by atoms with Crippen molar-refractivity contribution in [2.45, 2.75) is 13.0 Å². The molecule has 102 valence electrons. The van der Waals surface area contributed by atoms with E-state index < -0.39 is 16.2 Å². The summed E-state index contributed by atoms with van der Waals surface area (Å²) in [6.45, 7) is 0.738. The number of aliphatic carboxylic acids is 1. The average molecular weight is 275 g/mol. The van der Waals surface area contributed by atoms with Crippen LogP contribution in [0, 0.1) is 0 Å². The van der Waals surface area contributed by atoms with Crippen LogP contribution in [0.25, 0.3) is 0 Å². The lowest BCUT2D eigenvalue weighted by molar-refractivity contribution is -0.137. The fourth-order valence-corrected chi connectivity index (χ4v) is 2.21. The molecular formula is C10H17N3O4S. The molecule has 0 aliphatic rings. The third kappa shape index (κ3) is 4.86. The molecule has 0 fully saturated rings. The number of carboxylic acids is 1. The molecule has 0 bridgehead atoms. The maximum Gasteiger partial charge on any atom is 0.304 e. The van der Waals surface area contributed by atoms with Gasteiger partial charge < -0.3 is 9.67 Å². The van der Waals surface area contributed by atoms with E-state index in [0.717, 1.165) is 4.31 Å². The van der Waals surface area contributed by atoms with Crippen molar-refractivity contribution in [3.8, 4) is 0 Å². The zero-order valence-electron chi connectivity index (χ0n) is 10.1. The van der Waals surface area contributed by atoms with Gasteiger partial charge in [-0.2, -0.15) is 12.7 Å². The maximum absolute atomic E-state index is 11.7. The molecule has 0 atom stereocenters. The molecule has 8 heteroatoms. The smallest absolute Gasteiger partial charge is 0.304 e. The van der Waals surface area contributed by atoms with Crippen LogP contribution in [0.4, 0.5) is 0 Å². The summed E-state index contributed by atoms with van der Waals surface area (Å²) in [6, 6.07) is 3.71. The Hall–Kier alpha value is -1.38. The minimum absolute atomic E-state index is 0.0474. The number of carbonyl (C=O) groups is 1. The Bertz CT molecular complexity index is 469. The van der Waals surface area contributed by atoms with Gasteiger partial charge in [-0.3, -0.25) is 4.79 Å². The minimum atomic E-state index is -3.60. The second-order valence-electron chi connectivity index (χ2n) is 3.79. The van der Waals surface area contributed by atoms with Crippen molar-refractivity contribution in [1.82, 2.24) is 13.6 Å². The summed E-state index contributed by atoms with van der Waals surface area (Å²) < 4.78 is 28.6. The zero-order chi connectivity index (χ0) is 13.6. The Morgan fingerprint density at radius 2 is 2.00 bits per heavy atom. The molecule has 0 aliphatic carbocycles. The summed E-state index contributed by atoms with van der Waals surface area (Å²) in [5.41, 5.74) is 0. The van der Waals surface area contributed by atoms with Crippen LogP contribution in [0.1, 0.15) is 6.42 Å². The predicted molar refractivity (Wildman–Crippen MR) is 66.2 cm³/mol. The van der Waals surface area contributed by atoms with Crippen LogP contribution in [0.5, 0.6) is 0 Å². The van der Waals surface area contributed by atoms with Crippen molar-refractivity contribution in [2.75, 3.05) is 20.1 Å². The Morgan fingerprint density at radius 1 is 1.39 bits per heavy atom. The van der Waals surface area contributed by atoms with Gasteiger partial charge in [0.25, 0.3) is 10.2 Å². The number of aromatic nitrogens is 1. The van der Waals surface area contributed by atoms with Crippen molar-refractivity contribution in [1.29, 1.82) is 0 Å². The molecule has 0 amide bonds. The van der Waals surface area contributed by atoms with Crippen molar-refractivity contribution in [2.24, 2.45) is 0 Å². The Kier molecular flexibility index (Phi) is 5.32. The van der Waals surface area contributed by atoms with Crippen LogP contribution >= 0.6 is 0 Å². The van der Waals surface area contributed by atoms with E-state index in [-0.39, 0.29) is 19.5 Å². The molecule has 0 saturated heterocycles. The largest absolute Gasteiger partial charge is 0.481 e. The Morgan fingerprint density at radius 3 is 2.56 bits per heavy atom. The van der Waals surface area contributed by atoms with E-state index in [4.69, 9.17) is 5.11 Å². The van der Waals surface area contributed by atoms with Gasteiger partial charge in [-0.25, -0.2) is 4.72 Å². The summed E-state index contributed by atoms with van der Waals surface area (Å²) in [6.07, 6.45) is 3.46. The van der Waals surface area contributed by atoms with E-state index in [1.54, 1.807) is 0 Å².